The Labute approximate surface area is 470 Å². The van der Waals surface area contributed by atoms with E-state index >= 15 is 0 Å². The summed E-state index contributed by atoms with van der Waals surface area (Å²) in [6.45, 7) is 2.42. The van der Waals surface area contributed by atoms with E-state index in [9.17, 15) is 40.9 Å². The molecule has 0 bridgehead atoms. The van der Waals surface area contributed by atoms with Gasteiger partial charge in [0, 0.05) is 49.8 Å². The van der Waals surface area contributed by atoms with Gasteiger partial charge in [-0.25, -0.2) is 9.78 Å². The minimum atomic E-state index is -4.66. The van der Waals surface area contributed by atoms with E-state index in [4.69, 9.17) is 54.4 Å². The number of anilines is 1. The quantitative estimate of drug-likeness (QED) is 0.0178. The second-order valence-electron chi connectivity index (χ2n) is 15.3. The number of carbonyl (C=O) groups is 1. The molecule has 0 aliphatic heterocycles. The lowest BCUT2D eigenvalue weighted by atomic mass is 10.1. The molecule has 0 atom stereocenters. The van der Waals surface area contributed by atoms with E-state index in [1.54, 1.807) is 54.6 Å². The van der Waals surface area contributed by atoms with Gasteiger partial charge in [0.2, 0.25) is 5.95 Å². The standard InChI is InChI=1S/C45H44I2N8O12S2.2O3S/c1-3-15-66-39-23-36(54-52-32-11-7-28(26-56)8-12-32)34(46)18-30(39)20-42-49-43(51-45(50-42)48-25-27-5-9-29(10-6-27)44(57)58)21-31-19-35(47)37(24-40(31)67-16-4-17-68(59,60)61)55-53-33-13-14-38(65-2)41(22-33)69(62,63)64;2*1-4(2)3/h5-14,18-19,22-24,56H,3-4,15-17,20-21,25-26H2,1-2H3,(H,57,58)(H,59,60,61)(H,62,63,64)(H,48,49,50,51);;. The first-order valence-electron chi connectivity index (χ1n) is 21.8. The highest BCUT2D eigenvalue weighted by Crippen LogP contribution is 2.36. The van der Waals surface area contributed by atoms with Crippen LogP contribution in [0.3, 0.4) is 0 Å². The molecule has 26 nitrogen and oxygen atoms in total. The summed E-state index contributed by atoms with van der Waals surface area (Å²) in [6.07, 6.45) is 0.922. The number of carboxylic acids is 1. The second kappa shape index (κ2) is 30.4. The number of halogens is 2. The molecular weight excluding hydrogens is 1320 g/mol. The minimum Gasteiger partial charge on any atom is -0.495 e. The Morgan fingerprint density at radius 2 is 1.16 bits per heavy atom. The highest BCUT2D eigenvalue weighted by Gasteiger charge is 2.20. The van der Waals surface area contributed by atoms with Crippen LogP contribution in [0.5, 0.6) is 17.2 Å². The van der Waals surface area contributed by atoms with Crippen LogP contribution in [0.15, 0.2) is 116 Å². The number of aromatic nitrogens is 3. The molecule has 1 aromatic heterocycles. The predicted octanol–water partition coefficient (Wildman–Crippen LogP) is 7.59. The number of rotatable bonds is 23. The monoisotopic (exact) mass is 1370 g/mol. The molecule has 6 rings (SSSR count). The number of nitrogens with one attached hydrogen (secondary N) is 1. The SMILES string of the molecule is CCCOc1cc(N=Nc2ccc(CO)cc2)c(I)cc1Cc1nc(Cc2cc(I)c(N=Nc3ccc(OC)c(S(=O)(=O)O)c3)cc2OCCCS(=O)(=O)O)nc(NCc2ccc(C(=O)O)cc2)n1.O=S(=O)=O.O=S(=O)=O. The van der Waals surface area contributed by atoms with Gasteiger partial charge in [-0.2, -0.15) is 37.0 Å². The Kier molecular flexibility index (Phi) is 24.9. The Bertz CT molecular complexity index is 3540. The van der Waals surface area contributed by atoms with Crippen molar-refractivity contribution in [2.24, 2.45) is 20.5 Å². The summed E-state index contributed by atoms with van der Waals surface area (Å²) in [7, 11) is -13.9. The molecule has 5 N–H and O–H groups in total. The molecule has 0 saturated heterocycles. The number of hydrogen-bond donors (Lipinski definition) is 5. The van der Waals surface area contributed by atoms with Gasteiger partial charge in [-0.05, 0) is 124 Å². The zero-order valence-corrected chi connectivity index (χ0v) is 47.6. The molecule has 0 spiro atoms. The summed E-state index contributed by atoms with van der Waals surface area (Å²) in [5, 5.41) is 39.4. The first-order chi connectivity index (χ1) is 36.4. The number of aliphatic hydroxyl groups excluding tert-OH is 1. The average molecular weight is 1370 g/mol. The topological polar surface area (TPSA) is 397 Å². The van der Waals surface area contributed by atoms with Crippen molar-refractivity contribution < 1.29 is 80.4 Å². The fourth-order valence-corrected chi connectivity index (χ4v) is 8.75. The van der Waals surface area contributed by atoms with E-state index in [1.165, 1.54) is 31.4 Å². The van der Waals surface area contributed by atoms with Gasteiger partial charge in [-0.3, -0.25) is 9.11 Å². The van der Waals surface area contributed by atoms with Gasteiger partial charge < -0.3 is 29.7 Å². The maximum Gasteiger partial charge on any atom is 0.425 e. The van der Waals surface area contributed by atoms with Gasteiger partial charge in [0.25, 0.3) is 20.2 Å². The number of azo groups is 2. The molecule has 0 aliphatic rings. The van der Waals surface area contributed by atoms with E-state index in [0.717, 1.165) is 32.7 Å². The van der Waals surface area contributed by atoms with Crippen molar-refractivity contribution in [2.45, 2.75) is 50.7 Å². The fraction of sp³-hybridized carbons (Fsp3) is 0.244. The Balaban J connectivity index is 0.00000149. The lowest BCUT2D eigenvalue weighted by Crippen LogP contribution is -2.12. The molecule has 32 heteroatoms. The molecule has 5 aromatic carbocycles. The van der Waals surface area contributed by atoms with E-state index < -0.39 is 58.1 Å². The number of methoxy groups -OCH3 is 1. The van der Waals surface area contributed by atoms with Crippen LogP contribution in [-0.2, 0) is 67.4 Å². The largest absolute Gasteiger partial charge is 0.495 e. The van der Waals surface area contributed by atoms with Crippen LogP contribution in [0, 0.1) is 7.14 Å². The van der Waals surface area contributed by atoms with Crippen LogP contribution in [-0.4, -0.2) is 108 Å². The number of ether oxygens (including phenoxy) is 3. The molecule has 0 unspecified atom stereocenters. The van der Waals surface area contributed by atoms with E-state index in [2.05, 4.69) is 48.4 Å². The van der Waals surface area contributed by atoms with Crippen LogP contribution >= 0.6 is 45.2 Å². The highest BCUT2D eigenvalue weighted by atomic mass is 127. The molecule has 1 heterocycles. The average Bonchev–Trinajstić information content (AvgIpc) is 3.36. The minimum absolute atomic E-state index is 0.0537. The maximum absolute atomic E-state index is 12.0. The van der Waals surface area contributed by atoms with Gasteiger partial charge in [-0.1, -0.05) is 31.2 Å². The smallest absolute Gasteiger partial charge is 0.425 e. The van der Waals surface area contributed by atoms with Crippen LogP contribution in [0.25, 0.3) is 0 Å². The van der Waals surface area contributed by atoms with Gasteiger partial charge in [0.05, 0.1) is 49.6 Å². The molecule has 0 aliphatic carbocycles. The first kappa shape index (κ1) is 63.0. The number of carboxylic acid groups (broad SMARTS) is 1. The molecule has 410 valence electrons. The van der Waals surface area contributed by atoms with Crippen molar-refractivity contribution >= 4 is 121 Å². The number of nitrogens with zero attached hydrogens (tertiary/aromatic N) is 7. The predicted molar refractivity (Wildman–Crippen MR) is 290 cm³/mol. The van der Waals surface area contributed by atoms with Crippen molar-refractivity contribution in [3.8, 4) is 17.2 Å². The van der Waals surface area contributed by atoms with Crippen LogP contribution in [0.1, 0.15) is 64.0 Å². The van der Waals surface area contributed by atoms with E-state index in [-0.39, 0.29) is 73.4 Å². The number of hydrogen-bond acceptors (Lipinski definition) is 23. The summed E-state index contributed by atoms with van der Waals surface area (Å²) < 4.78 is 136. The van der Waals surface area contributed by atoms with Crippen molar-refractivity contribution in [1.29, 1.82) is 0 Å². The molecule has 0 saturated carbocycles. The summed E-state index contributed by atoms with van der Waals surface area (Å²) in [6, 6.07) is 24.3. The summed E-state index contributed by atoms with van der Waals surface area (Å²) in [5.41, 5.74) is 4.48. The summed E-state index contributed by atoms with van der Waals surface area (Å²) >= 11 is 4.22. The highest BCUT2D eigenvalue weighted by molar-refractivity contribution is 14.1. The molecular formula is C45H44I2N8O18S4. The number of aromatic carboxylic acids is 1. The second-order valence-corrected chi connectivity index (χ2v) is 21.4. The fourth-order valence-electron chi connectivity index (χ4n) is 6.31. The van der Waals surface area contributed by atoms with Crippen molar-refractivity contribution in [1.82, 2.24) is 15.0 Å². The van der Waals surface area contributed by atoms with E-state index in [1.807, 2.05) is 35.6 Å². The Hall–Kier alpha value is -6.54. The van der Waals surface area contributed by atoms with E-state index in [0.29, 0.717) is 44.5 Å². The summed E-state index contributed by atoms with van der Waals surface area (Å²) in [5.74, 6) is -0.0346. The molecule has 6 aromatic rings. The van der Waals surface area contributed by atoms with Crippen LogP contribution in [0.4, 0.5) is 28.7 Å². The molecule has 77 heavy (non-hydrogen) atoms. The molecule has 0 radical (unpaired) electrons. The first-order valence-corrected chi connectivity index (χ1v) is 29.0. The van der Waals surface area contributed by atoms with Crippen LogP contribution in [0.2, 0.25) is 0 Å². The number of aliphatic hydroxyl groups is 1. The third-order valence-electron chi connectivity index (χ3n) is 9.69. The maximum atomic E-state index is 12.0. The molecule has 0 fully saturated rings. The third kappa shape index (κ3) is 22.2. The van der Waals surface area contributed by atoms with Crippen LogP contribution < -0.4 is 19.5 Å². The molecule has 0 amide bonds. The zero-order chi connectivity index (χ0) is 56.9. The van der Waals surface area contributed by atoms with Crippen molar-refractivity contribution in [3.05, 3.63) is 138 Å². The Morgan fingerprint density at radius 3 is 1.62 bits per heavy atom. The number of benzene rings is 5. The lowest BCUT2D eigenvalue weighted by molar-refractivity contribution is 0.0696. The van der Waals surface area contributed by atoms with Gasteiger partial charge >= 0.3 is 27.2 Å². The van der Waals surface area contributed by atoms with Gasteiger partial charge in [0.15, 0.2) is 0 Å². The van der Waals surface area contributed by atoms with Gasteiger partial charge in [-0.15, -0.1) is 35.5 Å². The van der Waals surface area contributed by atoms with Crippen molar-refractivity contribution in [3.63, 3.8) is 0 Å². The zero-order valence-electron chi connectivity index (χ0n) is 40.0. The summed E-state index contributed by atoms with van der Waals surface area (Å²) in [4.78, 5) is 25.4. The normalized spacial score (nSPS) is 11.3. The lowest BCUT2D eigenvalue weighted by Gasteiger charge is -2.15. The Morgan fingerprint density at radius 1 is 0.662 bits per heavy atom. The van der Waals surface area contributed by atoms with Crippen molar-refractivity contribution in [2.75, 3.05) is 31.4 Å². The third-order valence-corrected chi connectivity index (χ3v) is 13.1. The van der Waals surface area contributed by atoms with Gasteiger partial charge in [0.1, 0.15) is 45.2 Å².